The van der Waals surface area contributed by atoms with Crippen LogP contribution in [0.25, 0.3) is 0 Å². The number of nitrogens with one attached hydrogen (secondary N) is 1. The van der Waals surface area contributed by atoms with Crippen LogP contribution < -0.4 is 11.1 Å². The van der Waals surface area contributed by atoms with Gasteiger partial charge in [0, 0.05) is 18.0 Å². The fourth-order valence-electron chi connectivity index (χ4n) is 3.28. The van der Waals surface area contributed by atoms with Crippen molar-refractivity contribution in [3.8, 4) is 0 Å². The number of nitrogens with two attached hydrogens (primary N) is 1. The van der Waals surface area contributed by atoms with Crippen LogP contribution in [0.2, 0.25) is 0 Å². The van der Waals surface area contributed by atoms with Crippen molar-refractivity contribution in [1.82, 2.24) is 5.32 Å². The standard InChI is InChI=1S/C14H26N2O/c15-14(9-5-2-6-10-14)11-13(17)16-12-7-3-1-4-8-12/h12H,1-11,15H2,(H,16,17). The largest absolute Gasteiger partial charge is 0.353 e. The summed E-state index contributed by atoms with van der Waals surface area (Å²) in [6.07, 6.45) is 12.4. The second kappa shape index (κ2) is 5.85. The highest BCUT2D eigenvalue weighted by Gasteiger charge is 2.30. The molecule has 0 aromatic carbocycles. The Labute approximate surface area is 105 Å². The minimum atomic E-state index is -0.211. The molecule has 2 aliphatic rings. The van der Waals surface area contributed by atoms with Gasteiger partial charge in [-0.05, 0) is 25.7 Å². The number of carbonyl (C=O) groups is 1. The number of carbonyl (C=O) groups excluding carboxylic acids is 1. The molecule has 3 N–H and O–H groups in total. The quantitative estimate of drug-likeness (QED) is 0.793. The summed E-state index contributed by atoms with van der Waals surface area (Å²) < 4.78 is 0. The maximum Gasteiger partial charge on any atom is 0.222 e. The monoisotopic (exact) mass is 238 g/mol. The van der Waals surface area contributed by atoms with Crippen LogP contribution in [0.4, 0.5) is 0 Å². The van der Waals surface area contributed by atoms with Crippen molar-refractivity contribution in [3.05, 3.63) is 0 Å². The molecule has 98 valence electrons. The molecule has 2 rings (SSSR count). The topological polar surface area (TPSA) is 55.1 Å². The second-order valence-electron chi connectivity index (χ2n) is 6.00. The predicted octanol–water partition coefficient (Wildman–Crippen LogP) is 2.49. The van der Waals surface area contributed by atoms with Gasteiger partial charge in [0.15, 0.2) is 0 Å². The Hall–Kier alpha value is -0.570. The molecule has 0 heterocycles. The van der Waals surface area contributed by atoms with Crippen LogP contribution in [0.5, 0.6) is 0 Å². The van der Waals surface area contributed by atoms with Gasteiger partial charge in [0.25, 0.3) is 0 Å². The fourth-order valence-corrected chi connectivity index (χ4v) is 3.28. The first-order valence-corrected chi connectivity index (χ1v) is 7.26. The lowest BCUT2D eigenvalue weighted by Gasteiger charge is -2.33. The van der Waals surface area contributed by atoms with Crippen molar-refractivity contribution in [3.63, 3.8) is 0 Å². The van der Waals surface area contributed by atoms with E-state index in [1.54, 1.807) is 0 Å². The molecule has 0 radical (unpaired) electrons. The van der Waals surface area contributed by atoms with Crippen LogP contribution in [0.1, 0.15) is 70.6 Å². The average Bonchev–Trinajstić information content (AvgIpc) is 2.30. The lowest BCUT2D eigenvalue weighted by atomic mass is 9.80. The number of rotatable bonds is 3. The van der Waals surface area contributed by atoms with E-state index in [1.165, 1.54) is 38.5 Å². The first-order chi connectivity index (χ1) is 8.18. The summed E-state index contributed by atoms with van der Waals surface area (Å²) in [5.74, 6) is 0.182. The van der Waals surface area contributed by atoms with E-state index in [9.17, 15) is 4.79 Å². The molecule has 0 bridgehead atoms. The molecule has 3 heteroatoms. The molecule has 3 nitrogen and oxygen atoms in total. The highest BCUT2D eigenvalue weighted by molar-refractivity contribution is 5.77. The maximum atomic E-state index is 12.0. The van der Waals surface area contributed by atoms with Gasteiger partial charge in [-0.2, -0.15) is 0 Å². The molecular weight excluding hydrogens is 212 g/mol. The van der Waals surface area contributed by atoms with Crippen LogP contribution in [0.15, 0.2) is 0 Å². The molecule has 0 spiro atoms. The van der Waals surface area contributed by atoms with Gasteiger partial charge in [-0.25, -0.2) is 0 Å². The van der Waals surface area contributed by atoms with Crippen molar-refractivity contribution < 1.29 is 4.79 Å². The van der Waals surface area contributed by atoms with Gasteiger partial charge in [-0.1, -0.05) is 38.5 Å². The molecule has 17 heavy (non-hydrogen) atoms. The second-order valence-corrected chi connectivity index (χ2v) is 6.00. The first-order valence-electron chi connectivity index (χ1n) is 7.26. The Bertz CT molecular complexity index is 253. The zero-order valence-electron chi connectivity index (χ0n) is 10.8. The summed E-state index contributed by atoms with van der Waals surface area (Å²) in [6, 6.07) is 0.420. The smallest absolute Gasteiger partial charge is 0.222 e. The van der Waals surface area contributed by atoms with Gasteiger partial charge in [0.2, 0.25) is 5.91 Å². The lowest BCUT2D eigenvalue weighted by molar-refractivity contribution is -0.123. The summed E-state index contributed by atoms with van der Waals surface area (Å²) in [5, 5.41) is 3.17. The molecule has 0 aliphatic heterocycles. The number of hydrogen-bond acceptors (Lipinski definition) is 2. The van der Waals surface area contributed by atoms with Crippen LogP contribution in [0, 0.1) is 0 Å². The highest BCUT2D eigenvalue weighted by Crippen LogP contribution is 2.28. The molecule has 2 saturated carbocycles. The minimum Gasteiger partial charge on any atom is -0.353 e. The summed E-state index contributed by atoms with van der Waals surface area (Å²) in [7, 11) is 0. The van der Waals surface area contributed by atoms with Crippen molar-refractivity contribution >= 4 is 5.91 Å². The molecule has 0 aromatic heterocycles. The third-order valence-corrected chi connectivity index (χ3v) is 4.33. The van der Waals surface area contributed by atoms with E-state index in [2.05, 4.69) is 5.32 Å². The summed E-state index contributed by atoms with van der Waals surface area (Å²) in [6.45, 7) is 0. The highest BCUT2D eigenvalue weighted by atomic mass is 16.1. The van der Waals surface area contributed by atoms with E-state index in [-0.39, 0.29) is 11.4 Å². The Morgan fingerprint density at radius 2 is 1.65 bits per heavy atom. The van der Waals surface area contributed by atoms with E-state index in [1.807, 2.05) is 0 Å². The molecule has 0 aromatic rings. The maximum absolute atomic E-state index is 12.0. The van der Waals surface area contributed by atoms with Gasteiger partial charge in [0.1, 0.15) is 0 Å². The van der Waals surface area contributed by atoms with E-state index in [4.69, 9.17) is 5.73 Å². The molecule has 0 unspecified atom stereocenters. The van der Waals surface area contributed by atoms with Gasteiger partial charge in [-0.15, -0.1) is 0 Å². The van der Waals surface area contributed by atoms with Gasteiger partial charge in [-0.3, -0.25) is 4.79 Å². The van der Waals surface area contributed by atoms with E-state index >= 15 is 0 Å². The third kappa shape index (κ3) is 3.98. The molecule has 2 aliphatic carbocycles. The number of amides is 1. The predicted molar refractivity (Wildman–Crippen MR) is 69.6 cm³/mol. The Morgan fingerprint density at radius 1 is 1.06 bits per heavy atom. The molecule has 0 saturated heterocycles. The summed E-state index contributed by atoms with van der Waals surface area (Å²) >= 11 is 0. The van der Waals surface area contributed by atoms with Crippen molar-refractivity contribution in [2.75, 3.05) is 0 Å². The van der Waals surface area contributed by atoms with E-state index in [0.29, 0.717) is 12.5 Å². The summed E-state index contributed by atoms with van der Waals surface area (Å²) in [5.41, 5.74) is 6.09. The Kier molecular flexibility index (Phi) is 4.43. The van der Waals surface area contributed by atoms with Gasteiger partial charge < -0.3 is 11.1 Å². The Morgan fingerprint density at radius 3 is 2.29 bits per heavy atom. The van der Waals surface area contributed by atoms with Gasteiger partial charge in [0.05, 0.1) is 0 Å². The normalized spacial score (nSPS) is 25.5. The fraction of sp³-hybridized carbons (Fsp3) is 0.929. The van der Waals surface area contributed by atoms with E-state index < -0.39 is 0 Å². The van der Waals surface area contributed by atoms with Crippen LogP contribution >= 0.6 is 0 Å². The molecular formula is C14H26N2O. The summed E-state index contributed by atoms with van der Waals surface area (Å²) in [4.78, 5) is 12.0. The van der Waals surface area contributed by atoms with Crippen molar-refractivity contribution in [2.24, 2.45) is 5.73 Å². The van der Waals surface area contributed by atoms with Crippen molar-refractivity contribution in [1.29, 1.82) is 0 Å². The molecule has 0 atom stereocenters. The SMILES string of the molecule is NC1(CC(=O)NC2CCCCC2)CCCCC1. The van der Waals surface area contributed by atoms with Crippen LogP contribution in [-0.2, 0) is 4.79 Å². The minimum absolute atomic E-state index is 0.182. The molecule has 1 amide bonds. The number of hydrogen-bond donors (Lipinski definition) is 2. The third-order valence-electron chi connectivity index (χ3n) is 4.33. The van der Waals surface area contributed by atoms with E-state index in [0.717, 1.165) is 25.7 Å². The van der Waals surface area contributed by atoms with Crippen LogP contribution in [-0.4, -0.2) is 17.5 Å². The zero-order valence-corrected chi connectivity index (χ0v) is 10.8. The molecule has 2 fully saturated rings. The zero-order chi connectivity index (χ0) is 12.1. The van der Waals surface area contributed by atoms with Crippen molar-refractivity contribution in [2.45, 2.75) is 82.2 Å². The Balaban J connectivity index is 1.75. The van der Waals surface area contributed by atoms with Gasteiger partial charge >= 0.3 is 0 Å². The lowest BCUT2D eigenvalue weighted by Crippen LogP contribution is -2.47. The average molecular weight is 238 g/mol. The van der Waals surface area contributed by atoms with Crippen LogP contribution in [0.3, 0.4) is 0 Å². The first kappa shape index (κ1) is 12.9.